The lowest BCUT2D eigenvalue weighted by molar-refractivity contribution is 0.106. The van der Waals surface area contributed by atoms with Crippen molar-refractivity contribution >= 4 is 0 Å². The lowest BCUT2D eigenvalue weighted by atomic mass is 9.87. The topological polar surface area (TPSA) is 15.3 Å². The summed E-state index contributed by atoms with van der Waals surface area (Å²) in [7, 11) is 0. The highest BCUT2D eigenvalue weighted by Crippen LogP contribution is 2.34. The van der Waals surface area contributed by atoms with Gasteiger partial charge in [0, 0.05) is 12.1 Å². The molecular weight excluding hydrogens is 160 g/mol. The van der Waals surface area contributed by atoms with Gasteiger partial charge in [0.1, 0.15) is 0 Å². The van der Waals surface area contributed by atoms with Gasteiger partial charge >= 0.3 is 0 Å². The SMILES string of the molecule is CCCN1CCCC12CCCNC2. The van der Waals surface area contributed by atoms with Crippen molar-refractivity contribution in [1.29, 1.82) is 0 Å². The Morgan fingerprint density at radius 2 is 2.15 bits per heavy atom. The minimum atomic E-state index is 0.564. The van der Waals surface area contributed by atoms with Gasteiger partial charge in [-0.3, -0.25) is 4.90 Å². The summed E-state index contributed by atoms with van der Waals surface area (Å²) in [5.74, 6) is 0. The fourth-order valence-corrected chi connectivity index (χ4v) is 3.05. The van der Waals surface area contributed by atoms with Crippen molar-refractivity contribution < 1.29 is 0 Å². The minimum Gasteiger partial charge on any atom is -0.315 e. The Labute approximate surface area is 81.7 Å². The zero-order valence-electron chi connectivity index (χ0n) is 8.81. The van der Waals surface area contributed by atoms with Gasteiger partial charge < -0.3 is 5.32 Å². The van der Waals surface area contributed by atoms with Crippen molar-refractivity contribution in [2.24, 2.45) is 0 Å². The van der Waals surface area contributed by atoms with E-state index in [2.05, 4.69) is 17.1 Å². The lowest BCUT2D eigenvalue weighted by Gasteiger charge is -2.42. The molecule has 0 bridgehead atoms. The van der Waals surface area contributed by atoms with Gasteiger partial charge in [-0.2, -0.15) is 0 Å². The van der Waals surface area contributed by atoms with E-state index in [1.54, 1.807) is 0 Å². The van der Waals surface area contributed by atoms with E-state index in [0.29, 0.717) is 5.54 Å². The summed E-state index contributed by atoms with van der Waals surface area (Å²) in [6.45, 7) is 7.42. The molecule has 0 aromatic heterocycles. The fraction of sp³-hybridized carbons (Fsp3) is 1.00. The Kier molecular flexibility index (Phi) is 2.89. The summed E-state index contributed by atoms with van der Waals surface area (Å²) in [6.07, 6.45) is 6.96. The van der Waals surface area contributed by atoms with Gasteiger partial charge in [0.25, 0.3) is 0 Å². The quantitative estimate of drug-likeness (QED) is 0.698. The third kappa shape index (κ3) is 1.75. The molecule has 2 heterocycles. The van der Waals surface area contributed by atoms with E-state index in [1.165, 1.54) is 58.3 Å². The molecule has 0 aromatic rings. The Bertz CT molecular complexity index is 161. The molecule has 76 valence electrons. The minimum absolute atomic E-state index is 0.564. The smallest absolute Gasteiger partial charge is 0.0334 e. The molecule has 0 amide bonds. The van der Waals surface area contributed by atoms with Crippen molar-refractivity contribution in [1.82, 2.24) is 10.2 Å². The maximum Gasteiger partial charge on any atom is 0.0334 e. The fourth-order valence-electron chi connectivity index (χ4n) is 3.05. The molecule has 2 fully saturated rings. The van der Waals surface area contributed by atoms with Crippen molar-refractivity contribution in [3.05, 3.63) is 0 Å². The molecule has 13 heavy (non-hydrogen) atoms. The van der Waals surface area contributed by atoms with E-state index >= 15 is 0 Å². The van der Waals surface area contributed by atoms with Gasteiger partial charge in [-0.15, -0.1) is 0 Å². The van der Waals surface area contributed by atoms with Crippen LogP contribution in [-0.4, -0.2) is 36.6 Å². The molecular formula is C11H22N2. The molecule has 1 unspecified atom stereocenters. The number of nitrogens with zero attached hydrogens (tertiary/aromatic N) is 1. The molecule has 1 atom stereocenters. The summed E-state index contributed by atoms with van der Waals surface area (Å²) in [4.78, 5) is 2.74. The zero-order chi connectivity index (χ0) is 9.15. The van der Waals surface area contributed by atoms with Gasteiger partial charge in [-0.1, -0.05) is 6.92 Å². The van der Waals surface area contributed by atoms with Gasteiger partial charge in [-0.25, -0.2) is 0 Å². The molecule has 0 radical (unpaired) electrons. The van der Waals surface area contributed by atoms with Crippen LogP contribution in [0.4, 0.5) is 0 Å². The first kappa shape index (κ1) is 9.47. The molecule has 1 N–H and O–H groups in total. The lowest BCUT2D eigenvalue weighted by Crippen LogP contribution is -2.54. The second kappa shape index (κ2) is 3.97. The average molecular weight is 182 g/mol. The van der Waals surface area contributed by atoms with Crippen LogP contribution in [0, 0.1) is 0 Å². The zero-order valence-corrected chi connectivity index (χ0v) is 8.81. The molecule has 2 rings (SSSR count). The monoisotopic (exact) mass is 182 g/mol. The van der Waals surface area contributed by atoms with Crippen LogP contribution in [0.5, 0.6) is 0 Å². The second-order valence-electron chi connectivity index (χ2n) is 4.60. The molecule has 1 spiro atoms. The summed E-state index contributed by atoms with van der Waals surface area (Å²) in [5.41, 5.74) is 0.564. The molecule has 2 heteroatoms. The van der Waals surface area contributed by atoms with Crippen LogP contribution in [0.25, 0.3) is 0 Å². The van der Waals surface area contributed by atoms with Crippen molar-refractivity contribution in [3.63, 3.8) is 0 Å². The Morgan fingerprint density at radius 1 is 1.31 bits per heavy atom. The van der Waals surface area contributed by atoms with E-state index < -0.39 is 0 Å². The number of hydrogen-bond donors (Lipinski definition) is 1. The van der Waals surface area contributed by atoms with Gasteiger partial charge in [0.15, 0.2) is 0 Å². The van der Waals surface area contributed by atoms with E-state index in [-0.39, 0.29) is 0 Å². The van der Waals surface area contributed by atoms with Crippen molar-refractivity contribution in [3.8, 4) is 0 Å². The first-order valence-electron chi connectivity index (χ1n) is 5.83. The maximum absolute atomic E-state index is 3.56. The van der Waals surface area contributed by atoms with E-state index in [4.69, 9.17) is 0 Å². The number of rotatable bonds is 2. The van der Waals surface area contributed by atoms with Crippen LogP contribution >= 0.6 is 0 Å². The Hall–Kier alpha value is -0.0800. The van der Waals surface area contributed by atoms with Crippen LogP contribution in [0.1, 0.15) is 39.0 Å². The summed E-state index contributed by atoms with van der Waals surface area (Å²) in [6, 6.07) is 0. The number of likely N-dealkylation sites (tertiary alicyclic amines) is 1. The molecule has 2 saturated heterocycles. The molecule has 2 aliphatic rings. The van der Waals surface area contributed by atoms with Gasteiger partial charge in [0.2, 0.25) is 0 Å². The van der Waals surface area contributed by atoms with Crippen LogP contribution in [0.15, 0.2) is 0 Å². The number of nitrogens with one attached hydrogen (secondary N) is 1. The average Bonchev–Trinajstić information content (AvgIpc) is 2.52. The summed E-state index contributed by atoms with van der Waals surface area (Å²) >= 11 is 0. The van der Waals surface area contributed by atoms with E-state index in [0.717, 1.165) is 0 Å². The largest absolute Gasteiger partial charge is 0.315 e. The van der Waals surface area contributed by atoms with Crippen molar-refractivity contribution in [2.75, 3.05) is 26.2 Å². The summed E-state index contributed by atoms with van der Waals surface area (Å²) < 4.78 is 0. The van der Waals surface area contributed by atoms with Crippen LogP contribution in [0.3, 0.4) is 0 Å². The van der Waals surface area contributed by atoms with Gasteiger partial charge in [-0.05, 0) is 51.7 Å². The second-order valence-corrected chi connectivity index (χ2v) is 4.60. The van der Waals surface area contributed by atoms with E-state index in [9.17, 15) is 0 Å². The highest BCUT2D eigenvalue weighted by molar-refractivity contribution is 4.99. The number of piperidine rings is 1. The summed E-state index contributed by atoms with van der Waals surface area (Å²) in [5, 5.41) is 3.56. The molecule has 0 saturated carbocycles. The highest BCUT2D eigenvalue weighted by atomic mass is 15.2. The van der Waals surface area contributed by atoms with Crippen LogP contribution in [0.2, 0.25) is 0 Å². The third-order valence-corrected chi connectivity index (χ3v) is 3.68. The first-order valence-corrected chi connectivity index (χ1v) is 5.83. The molecule has 2 aliphatic heterocycles. The first-order chi connectivity index (χ1) is 6.37. The number of hydrogen-bond acceptors (Lipinski definition) is 2. The highest BCUT2D eigenvalue weighted by Gasteiger charge is 2.40. The standard InChI is InChI=1S/C11H22N2/c1-2-8-13-9-4-6-11(13)5-3-7-12-10-11/h12H,2-10H2,1H3. The normalized spacial score (nSPS) is 35.8. The third-order valence-electron chi connectivity index (χ3n) is 3.68. The molecule has 2 nitrogen and oxygen atoms in total. The predicted molar refractivity (Wildman–Crippen MR) is 55.9 cm³/mol. The van der Waals surface area contributed by atoms with Crippen LogP contribution in [-0.2, 0) is 0 Å². The Morgan fingerprint density at radius 3 is 2.85 bits per heavy atom. The molecule has 0 aromatic carbocycles. The van der Waals surface area contributed by atoms with Crippen LogP contribution < -0.4 is 5.32 Å². The van der Waals surface area contributed by atoms with Crippen molar-refractivity contribution in [2.45, 2.75) is 44.6 Å². The maximum atomic E-state index is 3.56. The molecule has 0 aliphatic carbocycles. The Balaban J connectivity index is 2.00. The van der Waals surface area contributed by atoms with E-state index in [1.807, 2.05) is 0 Å². The van der Waals surface area contributed by atoms with Gasteiger partial charge in [0.05, 0.1) is 0 Å². The predicted octanol–water partition coefficient (Wildman–Crippen LogP) is 1.61.